The molecule has 3 aromatic rings. The van der Waals surface area contributed by atoms with Crippen LogP contribution in [0.2, 0.25) is 10.0 Å². The van der Waals surface area contributed by atoms with Gasteiger partial charge in [0, 0.05) is 40.8 Å². The summed E-state index contributed by atoms with van der Waals surface area (Å²) in [5, 5.41) is 15.1. The Bertz CT molecular complexity index is 1060. The van der Waals surface area contributed by atoms with Crippen LogP contribution in [0.25, 0.3) is 22.4 Å². The van der Waals surface area contributed by atoms with E-state index in [-0.39, 0.29) is 5.75 Å². The van der Waals surface area contributed by atoms with Crippen molar-refractivity contribution < 1.29 is 9.84 Å². The molecule has 1 aromatic heterocycles. The second kappa shape index (κ2) is 10.5. The van der Waals surface area contributed by atoms with E-state index in [1.54, 1.807) is 6.07 Å². The molecule has 2 heterocycles. The van der Waals surface area contributed by atoms with Crippen molar-refractivity contribution in [1.82, 2.24) is 9.88 Å². The first kappa shape index (κ1) is 22.9. The fourth-order valence-electron chi connectivity index (χ4n) is 3.88. The number of aromatic hydroxyl groups is 1. The molecule has 0 saturated carbocycles. The first-order valence-electron chi connectivity index (χ1n) is 10.8. The molecule has 5 nitrogen and oxygen atoms in total. The summed E-state index contributed by atoms with van der Waals surface area (Å²) in [4.78, 5) is 7.20. The Hall–Kier alpha value is -2.31. The third kappa shape index (κ3) is 5.54. The lowest BCUT2D eigenvalue weighted by molar-refractivity contribution is 0.0378. The number of anilines is 1. The predicted molar refractivity (Wildman–Crippen MR) is 132 cm³/mol. The molecule has 0 unspecified atom stereocenters. The van der Waals surface area contributed by atoms with Crippen LogP contribution in [0.4, 0.5) is 5.82 Å². The normalized spacial score (nSPS) is 14.5. The number of benzene rings is 2. The number of nitrogens with one attached hydrogen (secondary N) is 1. The average Bonchev–Trinajstić information content (AvgIpc) is 2.79. The van der Waals surface area contributed by atoms with Gasteiger partial charge in [-0.15, -0.1) is 0 Å². The Morgan fingerprint density at radius 2 is 1.81 bits per heavy atom. The molecule has 1 saturated heterocycles. The highest BCUT2D eigenvalue weighted by atomic mass is 35.5. The van der Waals surface area contributed by atoms with E-state index >= 15 is 0 Å². The molecule has 1 aliphatic heterocycles. The SMILES string of the molecule is Cc1ccc(O)c(-c2cc(-c3c(Cl)cccc3Cl)cc(NCCCN3CCOCC3)n2)c1. The minimum Gasteiger partial charge on any atom is -0.507 e. The molecule has 4 rings (SSSR count). The molecule has 0 radical (unpaired) electrons. The van der Waals surface area contributed by atoms with Crippen molar-refractivity contribution in [3.63, 3.8) is 0 Å². The molecule has 0 bridgehead atoms. The molecule has 0 amide bonds. The van der Waals surface area contributed by atoms with Gasteiger partial charge in [-0.1, -0.05) is 40.9 Å². The number of aromatic nitrogens is 1. The fraction of sp³-hybridized carbons (Fsp3) is 0.320. The molecule has 0 atom stereocenters. The largest absolute Gasteiger partial charge is 0.507 e. The van der Waals surface area contributed by atoms with E-state index in [0.29, 0.717) is 21.3 Å². The summed E-state index contributed by atoms with van der Waals surface area (Å²) in [7, 11) is 0. The standard InChI is InChI=1S/C25H27Cl2N3O2/c1-17-6-7-23(31)19(14-17)22-15-18(25-20(26)4-2-5-21(25)27)16-24(29-22)28-8-3-9-30-10-12-32-13-11-30/h2,4-7,14-16,31H,3,8-13H2,1H3,(H,28,29). The summed E-state index contributed by atoms with van der Waals surface area (Å²) in [6.07, 6.45) is 0.990. The molecule has 1 fully saturated rings. The van der Waals surface area contributed by atoms with Crippen LogP contribution in [0.5, 0.6) is 5.75 Å². The summed E-state index contributed by atoms with van der Waals surface area (Å²) in [6, 6.07) is 14.8. The Morgan fingerprint density at radius 3 is 2.56 bits per heavy atom. The number of phenols is 1. The van der Waals surface area contributed by atoms with Crippen LogP contribution in [0.1, 0.15) is 12.0 Å². The zero-order chi connectivity index (χ0) is 22.5. The number of hydrogen-bond acceptors (Lipinski definition) is 5. The van der Waals surface area contributed by atoms with Gasteiger partial charge in [0.2, 0.25) is 0 Å². The quantitative estimate of drug-likeness (QED) is 0.421. The van der Waals surface area contributed by atoms with Crippen LogP contribution >= 0.6 is 23.2 Å². The summed E-state index contributed by atoms with van der Waals surface area (Å²) in [6.45, 7) is 7.35. The maximum atomic E-state index is 10.5. The lowest BCUT2D eigenvalue weighted by Crippen LogP contribution is -2.37. The Labute approximate surface area is 199 Å². The maximum Gasteiger partial charge on any atom is 0.127 e. The van der Waals surface area contributed by atoms with Crippen molar-refractivity contribution in [2.75, 3.05) is 44.7 Å². The molecule has 32 heavy (non-hydrogen) atoms. The van der Waals surface area contributed by atoms with Crippen LogP contribution in [0.15, 0.2) is 48.5 Å². The van der Waals surface area contributed by atoms with Gasteiger partial charge in [-0.05, 0) is 61.9 Å². The van der Waals surface area contributed by atoms with Gasteiger partial charge < -0.3 is 15.2 Å². The number of rotatable bonds is 7. The lowest BCUT2D eigenvalue weighted by atomic mass is 10.0. The predicted octanol–water partition coefficient (Wildman–Crippen LogP) is 5.87. The molecule has 2 N–H and O–H groups in total. The molecule has 1 aliphatic rings. The first-order chi connectivity index (χ1) is 15.5. The summed E-state index contributed by atoms with van der Waals surface area (Å²) < 4.78 is 5.41. The molecule has 2 aromatic carbocycles. The topological polar surface area (TPSA) is 57.6 Å². The van der Waals surface area contributed by atoms with Crippen LogP contribution in [-0.4, -0.2) is 54.4 Å². The minimum atomic E-state index is 0.184. The van der Waals surface area contributed by atoms with Gasteiger partial charge in [-0.25, -0.2) is 4.98 Å². The van der Waals surface area contributed by atoms with Crippen molar-refractivity contribution in [3.05, 3.63) is 64.1 Å². The Kier molecular flexibility index (Phi) is 7.53. The van der Waals surface area contributed by atoms with Crippen molar-refractivity contribution in [1.29, 1.82) is 0 Å². The van der Waals surface area contributed by atoms with Crippen LogP contribution in [-0.2, 0) is 4.74 Å². The van der Waals surface area contributed by atoms with Gasteiger partial charge in [0.05, 0.1) is 18.9 Å². The monoisotopic (exact) mass is 471 g/mol. The zero-order valence-corrected chi connectivity index (χ0v) is 19.6. The van der Waals surface area contributed by atoms with Crippen LogP contribution < -0.4 is 5.32 Å². The van der Waals surface area contributed by atoms with Gasteiger partial charge in [0.1, 0.15) is 11.6 Å². The second-order valence-electron chi connectivity index (χ2n) is 7.98. The highest BCUT2D eigenvalue weighted by Gasteiger charge is 2.15. The third-order valence-corrected chi connectivity index (χ3v) is 6.20. The Balaban J connectivity index is 1.62. The molecule has 0 aliphatic carbocycles. The average molecular weight is 472 g/mol. The zero-order valence-electron chi connectivity index (χ0n) is 18.1. The number of nitrogens with zero attached hydrogens (tertiary/aromatic N) is 2. The van der Waals surface area contributed by atoms with Gasteiger partial charge in [0.15, 0.2) is 0 Å². The maximum absolute atomic E-state index is 10.5. The van der Waals surface area contributed by atoms with Gasteiger partial charge in [-0.3, -0.25) is 4.90 Å². The molecule has 0 spiro atoms. The summed E-state index contributed by atoms with van der Waals surface area (Å²) in [5.74, 6) is 0.903. The highest BCUT2D eigenvalue weighted by Crippen LogP contribution is 2.38. The minimum absolute atomic E-state index is 0.184. The lowest BCUT2D eigenvalue weighted by Gasteiger charge is -2.26. The number of aryl methyl sites for hydroxylation is 1. The molecule has 7 heteroatoms. The fourth-order valence-corrected chi connectivity index (χ4v) is 4.49. The number of pyridine rings is 1. The highest BCUT2D eigenvalue weighted by molar-refractivity contribution is 6.39. The number of ether oxygens (including phenoxy) is 1. The number of hydrogen-bond donors (Lipinski definition) is 2. The molecule has 168 valence electrons. The number of halogens is 2. The Morgan fingerprint density at radius 1 is 1.06 bits per heavy atom. The smallest absolute Gasteiger partial charge is 0.127 e. The van der Waals surface area contributed by atoms with E-state index in [9.17, 15) is 5.11 Å². The number of phenolic OH excluding ortho intramolecular Hbond substituents is 1. The van der Waals surface area contributed by atoms with Gasteiger partial charge >= 0.3 is 0 Å². The van der Waals surface area contributed by atoms with E-state index in [0.717, 1.165) is 68.3 Å². The van der Waals surface area contributed by atoms with Crippen LogP contribution in [0.3, 0.4) is 0 Å². The van der Waals surface area contributed by atoms with Crippen LogP contribution in [0, 0.1) is 6.92 Å². The van der Waals surface area contributed by atoms with Crippen molar-refractivity contribution in [2.24, 2.45) is 0 Å². The summed E-state index contributed by atoms with van der Waals surface area (Å²) >= 11 is 13.0. The van der Waals surface area contributed by atoms with E-state index in [2.05, 4.69) is 10.2 Å². The van der Waals surface area contributed by atoms with E-state index < -0.39 is 0 Å². The van der Waals surface area contributed by atoms with Crippen molar-refractivity contribution in [2.45, 2.75) is 13.3 Å². The summed E-state index contributed by atoms with van der Waals surface area (Å²) in [5.41, 5.74) is 3.98. The first-order valence-corrected chi connectivity index (χ1v) is 11.6. The molecular weight excluding hydrogens is 445 g/mol. The molecular formula is C25H27Cl2N3O2. The van der Waals surface area contributed by atoms with E-state index in [4.69, 9.17) is 32.9 Å². The van der Waals surface area contributed by atoms with Crippen molar-refractivity contribution in [3.8, 4) is 28.1 Å². The van der Waals surface area contributed by atoms with E-state index in [1.807, 2.05) is 49.4 Å². The van der Waals surface area contributed by atoms with Gasteiger partial charge in [-0.2, -0.15) is 0 Å². The third-order valence-electron chi connectivity index (χ3n) is 5.57. The second-order valence-corrected chi connectivity index (χ2v) is 8.79. The van der Waals surface area contributed by atoms with Gasteiger partial charge in [0.25, 0.3) is 0 Å². The number of morpholine rings is 1. The van der Waals surface area contributed by atoms with Crippen molar-refractivity contribution >= 4 is 29.0 Å². The van der Waals surface area contributed by atoms with E-state index in [1.165, 1.54) is 0 Å².